The van der Waals surface area contributed by atoms with E-state index in [1.54, 1.807) is 24.3 Å². The largest absolute Gasteiger partial charge is 0.497 e. The molecular weight excluding hydrogens is 603 g/mol. The number of carbonyl (C=O) groups excluding carboxylic acids is 6. The molecule has 0 aliphatic carbocycles. The summed E-state index contributed by atoms with van der Waals surface area (Å²) >= 11 is 12.0. The number of fused-ring (bicyclic) bond motifs is 1. The molecule has 0 unspecified atom stereocenters. The Bertz CT molecular complexity index is 1430. The molecule has 2 N–H and O–H groups in total. The molecule has 2 aromatic carbocycles. The highest BCUT2D eigenvalue weighted by Crippen LogP contribution is 2.26. The molecule has 3 atom stereocenters. The molecule has 0 saturated carbocycles. The molecule has 4 rings (SSSR count). The second-order valence-corrected chi connectivity index (χ2v) is 10.8. The molecule has 12 nitrogen and oxygen atoms in total. The summed E-state index contributed by atoms with van der Waals surface area (Å²) in [6.45, 7) is 0.960. The van der Waals surface area contributed by atoms with Crippen LogP contribution >= 0.6 is 23.2 Å². The Kier molecular flexibility index (Phi) is 10.3. The molecule has 0 spiro atoms. The lowest BCUT2D eigenvalue weighted by molar-refractivity contribution is -0.176. The zero-order valence-corrected chi connectivity index (χ0v) is 24.9. The lowest BCUT2D eigenvalue weighted by Crippen LogP contribution is -2.64. The van der Waals surface area contributed by atoms with Gasteiger partial charge in [-0.25, -0.2) is 9.80 Å². The van der Waals surface area contributed by atoms with Crippen molar-refractivity contribution in [2.24, 2.45) is 0 Å². The molecule has 0 radical (unpaired) electrons. The molecule has 0 aromatic heterocycles. The first-order valence-electron chi connectivity index (χ1n) is 13.5. The van der Waals surface area contributed by atoms with Crippen molar-refractivity contribution in [1.82, 2.24) is 20.7 Å². The number of hydrogen-bond acceptors (Lipinski definition) is 8. The molecule has 2 fully saturated rings. The van der Waals surface area contributed by atoms with E-state index < -0.39 is 54.2 Å². The number of ketones is 1. The minimum atomic E-state index is -1.11. The molecule has 14 heteroatoms. The van der Waals surface area contributed by atoms with E-state index in [4.69, 9.17) is 32.7 Å². The van der Waals surface area contributed by atoms with Crippen LogP contribution in [0.2, 0.25) is 10.0 Å². The number of carbonyl (C=O) groups is 6. The van der Waals surface area contributed by atoms with Gasteiger partial charge in [0.25, 0.3) is 11.8 Å². The summed E-state index contributed by atoms with van der Waals surface area (Å²) in [4.78, 5) is 78.1. The summed E-state index contributed by atoms with van der Waals surface area (Å²) < 4.78 is 10.2. The van der Waals surface area contributed by atoms with Crippen molar-refractivity contribution in [3.8, 4) is 5.75 Å². The fourth-order valence-electron chi connectivity index (χ4n) is 4.83. The van der Waals surface area contributed by atoms with E-state index in [1.165, 1.54) is 37.2 Å². The van der Waals surface area contributed by atoms with Crippen LogP contribution in [0.4, 0.5) is 0 Å². The van der Waals surface area contributed by atoms with Crippen LogP contribution in [0.1, 0.15) is 53.3 Å². The normalized spacial score (nSPS) is 19.1. The number of hydrazine groups is 1. The second kappa shape index (κ2) is 13.9. The van der Waals surface area contributed by atoms with Crippen LogP contribution in [0.5, 0.6) is 5.75 Å². The Morgan fingerprint density at radius 1 is 1.05 bits per heavy atom. The van der Waals surface area contributed by atoms with Gasteiger partial charge in [0, 0.05) is 18.5 Å². The Morgan fingerprint density at radius 2 is 1.74 bits per heavy atom. The number of halogens is 2. The molecular formula is C29H30Cl2N4O8. The van der Waals surface area contributed by atoms with Crippen LogP contribution < -0.4 is 15.4 Å². The number of esters is 1. The number of benzene rings is 2. The fraction of sp³-hybridized carbons (Fsp3) is 0.379. The SMILES string of the molecule is COc1cccc(C(=O)N[C@H]2CCC(=O)N3CCC[C@@H](C(=O)N[C@@H](C)C(=O)COC(=O)c4c(Cl)cccc4Cl)N3C2=O)c1. The smallest absolute Gasteiger partial charge is 0.341 e. The van der Waals surface area contributed by atoms with Crippen molar-refractivity contribution in [2.75, 3.05) is 20.3 Å². The van der Waals surface area contributed by atoms with Crippen LogP contribution in [0.15, 0.2) is 42.5 Å². The standard InChI is InChI=1S/C29H30Cl2N4O8/c1-16(23(36)15-43-29(41)25-19(30)8-4-9-20(25)31)32-27(39)22-10-5-13-34-24(37)12-11-21(28(40)35(22)34)33-26(38)17-6-3-7-18(14-17)42-2/h3-4,6-9,14,16,21-22H,5,10-13,15H2,1-2H3,(H,32,39)(H,33,38)/t16-,21-,22-/m0/s1. The third-order valence-electron chi connectivity index (χ3n) is 7.16. The van der Waals surface area contributed by atoms with Crippen LogP contribution in [-0.2, 0) is 23.9 Å². The van der Waals surface area contributed by atoms with Gasteiger partial charge in [-0.05, 0) is 56.5 Å². The zero-order valence-electron chi connectivity index (χ0n) is 23.4. The van der Waals surface area contributed by atoms with Crippen molar-refractivity contribution in [1.29, 1.82) is 0 Å². The number of Topliss-reactive ketones (excluding diaryl/α,β-unsaturated/α-hetero) is 1. The van der Waals surface area contributed by atoms with Crippen LogP contribution in [0.25, 0.3) is 0 Å². The lowest BCUT2D eigenvalue weighted by Gasteiger charge is -2.43. The number of methoxy groups -OCH3 is 1. The van der Waals surface area contributed by atoms with E-state index in [-0.39, 0.29) is 52.9 Å². The minimum absolute atomic E-state index is 0.0185. The molecule has 2 aromatic rings. The van der Waals surface area contributed by atoms with Gasteiger partial charge in [-0.2, -0.15) is 0 Å². The average molecular weight is 633 g/mol. The fourth-order valence-corrected chi connectivity index (χ4v) is 5.38. The van der Waals surface area contributed by atoms with E-state index in [2.05, 4.69) is 10.6 Å². The monoisotopic (exact) mass is 632 g/mol. The van der Waals surface area contributed by atoms with Gasteiger partial charge in [-0.1, -0.05) is 35.3 Å². The van der Waals surface area contributed by atoms with E-state index in [9.17, 15) is 28.8 Å². The van der Waals surface area contributed by atoms with Crippen LogP contribution in [0.3, 0.4) is 0 Å². The Morgan fingerprint density at radius 3 is 2.44 bits per heavy atom. The van der Waals surface area contributed by atoms with E-state index in [0.717, 1.165) is 5.01 Å². The third kappa shape index (κ3) is 7.26. The summed E-state index contributed by atoms with van der Waals surface area (Å²) in [5.74, 6) is -3.26. The molecule has 4 amide bonds. The maximum atomic E-state index is 13.7. The van der Waals surface area contributed by atoms with Crippen molar-refractivity contribution in [3.63, 3.8) is 0 Å². The molecule has 0 bridgehead atoms. The summed E-state index contributed by atoms with van der Waals surface area (Å²) in [6, 6.07) is 7.55. The first-order chi connectivity index (χ1) is 20.5. The van der Waals surface area contributed by atoms with Crippen molar-refractivity contribution >= 4 is 58.6 Å². The number of nitrogens with zero attached hydrogens (tertiary/aromatic N) is 2. The zero-order chi connectivity index (χ0) is 31.3. The van der Waals surface area contributed by atoms with Gasteiger partial charge in [0.15, 0.2) is 12.4 Å². The first-order valence-corrected chi connectivity index (χ1v) is 14.3. The molecule has 2 aliphatic rings. The summed E-state index contributed by atoms with van der Waals surface area (Å²) in [7, 11) is 1.46. The predicted molar refractivity (Wildman–Crippen MR) is 154 cm³/mol. The Labute approximate surface area is 257 Å². The highest BCUT2D eigenvalue weighted by molar-refractivity contribution is 6.39. The van der Waals surface area contributed by atoms with Gasteiger partial charge in [-0.3, -0.25) is 29.0 Å². The molecule has 228 valence electrons. The van der Waals surface area contributed by atoms with Gasteiger partial charge >= 0.3 is 5.97 Å². The average Bonchev–Trinajstić information content (AvgIpc) is 3.11. The topological polar surface area (TPSA) is 151 Å². The van der Waals surface area contributed by atoms with Crippen LogP contribution in [0, 0.1) is 0 Å². The predicted octanol–water partition coefficient (Wildman–Crippen LogP) is 2.56. The number of nitrogens with one attached hydrogen (secondary N) is 2. The Balaban J connectivity index is 1.42. The van der Waals surface area contributed by atoms with Gasteiger partial charge in [0.1, 0.15) is 17.8 Å². The minimum Gasteiger partial charge on any atom is -0.497 e. The van der Waals surface area contributed by atoms with Gasteiger partial charge in [0.2, 0.25) is 11.8 Å². The highest BCUT2D eigenvalue weighted by atomic mass is 35.5. The molecule has 2 saturated heterocycles. The van der Waals surface area contributed by atoms with E-state index >= 15 is 0 Å². The van der Waals surface area contributed by atoms with Crippen molar-refractivity contribution in [2.45, 2.75) is 50.7 Å². The van der Waals surface area contributed by atoms with E-state index in [0.29, 0.717) is 12.2 Å². The molecule has 2 aliphatic heterocycles. The van der Waals surface area contributed by atoms with Crippen molar-refractivity contribution in [3.05, 3.63) is 63.6 Å². The number of hydrogen-bond donors (Lipinski definition) is 2. The van der Waals surface area contributed by atoms with Gasteiger partial charge < -0.3 is 20.1 Å². The number of ether oxygens (including phenoxy) is 2. The maximum Gasteiger partial charge on any atom is 0.341 e. The lowest BCUT2D eigenvalue weighted by atomic mass is 10.0. The maximum absolute atomic E-state index is 13.7. The van der Waals surface area contributed by atoms with Crippen molar-refractivity contribution < 1.29 is 38.2 Å². The third-order valence-corrected chi connectivity index (χ3v) is 7.79. The summed E-state index contributed by atoms with van der Waals surface area (Å²) in [5, 5.41) is 7.67. The highest BCUT2D eigenvalue weighted by Gasteiger charge is 2.45. The first kappa shape index (κ1) is 31.8. The second-order valence-electron chi connectivity index (χ2n) is 10.0. The summed E-state index contributed by atoms with van der Waals surface area (Å²) in [5.41, 5.74) is 0.173. The Hall–Kier alpha value is -4.16. The summed E-state index contributed by atoms with van der Waals surface area (Å²) in [6.07, 6.45) is 0.686. The quantitative estimate of drug-likeness (QED) is 0.400. The van der Waals surface area contributed by atoms with E-state index in [1.807, 2.05) is 0 Å². The van der Waals surface area contributed by atoms with Gasteiger partial charge in [-0.15, -0.1) is 0 Å². The number of amides is 4. The van der Waals surface area contributed by atoms with Crippen LogP contribution in [-0.4, -0.2) is 83.8 Å². The molecule has 43 heavy (non-hydrogen) atoms. The number of rotatable bonds is 9. The van der Waals surface area contributed by atoms with Gasteiger partial charge in [0.05, 0.1) is 28.8 Å². The molecule has 2 heterocycles.